The molecule has 3 nitrogen and oxygen atoms in total. The van der Waals surface area contributed by atoms with Crippen LogP contribution in [0.15, 0.2) is 6.07 Å². The van der Waals surface area contributed by atoms with Gasteiger partial charge in [-0.2, -0.15) is 0 Å². The molecule has 0 aromatic carbocycles. The Morgan fingerprint density at radius 2 is 2.23 bits per heavy atom. The van der Waals surface area contributed by atoms with E-state index in [0.717, 1.165) is 6.07 Å². The lowest BCUT2D eigenvalue weighted by Crippen LogP contribution is -2.02. The van der Waals surface area contributed by atoms with Crippen molar-refractivity contribution in [3.63, 3.8) is 0 Å². The van der Waals surface area contributed by atoms with Gasteiger partial charge in [-0.15, -0.1) is 0 Å². The number of nitrogen functional groups attached to an aromatic ring is 1. The Hall–Kier alpha value is -0.790. The molecular formula is C7H5F2IN2O. The summed E-state index contributed by atoms with van der Waals surface area (Å²) in [4.78, 5) is 13.8. The van der Waals surface area contributed by atoms with Gasteiger partial charge in [-0.3, -0.25) is 4.79 Å². The molecule has 0 fully saturated rings. The van der Waals surface area contributed by atoms with Gasteiger partial charge >= 0.3 is 0 Å². The number of nitrogens with two attached hydrogens (primary N) is 1. The van der Waals surface area contributed by atoms with Crippen molar-refractivity contribution in [3.05, 3.63) is 21.0 Å². The fourth-order valence-electron chi connectivity index (χ4n) is 0.781. The van der Waals surface area contributed by atoms with Crippen LogP contribution in [0, 0.1) is 3.57 Å². The molecule has 1 aromatic heterocycles. The monoisotopic (exact) mass is 298 g/mol. The number of aldehydes is 1. The highest BCUT2D eigenvalue weighted by Crippen LogP contribution is 2.23. The first kappa shape index (κ1) is 10.3. The number of carbonyl (C=O) groups is 1. The van der Waals surface area contributed by atoms with Gasteiger partial charge in [-0.25, -0.2) is 13.8 Å². The van der Waals surface area contributed by atoms with E-state index in [1.54, 1.807) is 22.6 Å². The summed E-state index contributed by atoms with van der Waals surface area (Å²) < 4.78 is 24.7. The van der Waals surface area contributed by atoms with Crippen molar-refractivity contribution in [3.8, 4) is 0 Å². The Labute approximate surface area is 86.5 Å². The summed E-state index contributed by atoms with van der Waals surface area (Å²) in [5.41, 5.74) is 5.02. The first-order valence-corrected chi connectivity index (χ1v) is 4.33. The van der Waals surface area contributed by atoms with Crippen molar-refractivity contribution in [2.45, 2.75) is 6.43 Å². The lowest BCUT2D eigenvalue weighted by atomic mass is 10.3. The number of aromatic nitrogens is 1. The van der Waals surface area contributed by atoms with E-state index in [1.807, 2.05) is 0 Å². The maximum atomic E-state index is 12.2. The zero-order chi connectivity index (χ0) is 10.0. The first-order chi connectivity index (χ1) is 6.06. The van der Waals surface area contributed by atoms with Gasteiger partial charge in [0.1, 0.15) is 11.4 Å². The van der Waals surface area contributed by atoms with E-state index in [-0.39, 0.29) is 11.4 Å². The highest BCUT2D eigenvalue weighted by Gasteiger charge is 2.13. The van der Waals surface area contributed by atoms with Crippen molar-refractivity contribution in [1.82, 2.24) is 4.98 Å². The molecule has 0 radical (unpaired) electrons. The fraction of sp³-hybridized carbons (Fsp3) is 0.143. The molecule has 2 N–H and O–H groups in total. The van der Waals surface area contributed by atoms with Gasteiger partial charge in [0.05, 0.1) is 3.57 Å². The Kier molecular flexibility index (Phi) is 3.12. The zero-order valence-electron chi connectivity index (χ0n) is 6.30. The van der Waals surface area contributed by atoms with E-state index < -0.39 is 12.1 Å². The molecule has 0 amide bonds. The molecule has 0 aliphatic heterocycles. The summed E-state index contributed by atoms with van der Waals surface area (Å²) >= 11 is 1.78. The molecule has 13 heavy (non-hydrogen) atoms. The third kappa shape index (κ3) is 2.11. The molecule has 0 saturated carbocycles. The number of hydrogen-bond donors (Lipinski definition) is 1. The molecule has 1 heterocycles. The van der Waals surface area contributed by atoms with Crippen LogP contribution >= 0.6 is 22.6 Å². The summed E-state index contributed by atoms with van der Waals surface area (Å²) in [7, 11) is 0. The van der Waals surface area contributed by atoms with Crippen LogP contribution in [0.25, 0.3) is 0 Å². The summed E-state index contributed by atoms with van der Waals surface area (Å²) in [6.45, 7) is 0. The van der Waals surface area contributed by atoms with Crippen LogP contribution < -0.4 is 5.73 Å². The SMILES string of the molecule is Nc1cc(C(F)F)nc(C=O)c1I. The van der Waals surface area contributed by atoms with Gasteiger partial charge in [-0.05, 0) is 28.7 Å². The van der Waals surface area contributed by atoms with E-state index in [0.29, 0.717) is 9.86 Å². The molecule has 0 aliphatic carbocycles. The van der Waals surface area contributed by atoms with Crippen molar-refractivity contribution < 1.29 is 13.6 Å². The highest BCUT2D eigenvalue weighted by molar-refractivity contribution is 14.1. The van der Waals surface area contributed by atoms with Gasteiger partial charge in [0.25, 0.3) is 6.43 Å². The van der Waals surface area contributed by atoms with Crippen LogP contribution in [-0.4, -0.2) is 11.3 Å². The number of anilines is 1. The number of carbonyl (C=O) groups excluding carboxylic acids is 1. The topological polar surface area (TPSA) is 56.0 Å². The number of rotatable bonds is 2. The number of halogens is 3. The second kappa shape index (κ2) is 3.95. The average molecular weight is 298 g/mol. The maximum absolute atomic E-state index is 12.2. The molecule has 0 unspecified atom stereocenters. The summed E-state index contributed by atoms with van der Waals surface area (Å²) in [6, 6.07) is 1.07. The Bertz CT molecular complexity index is 344. The predicted molar refractivity (Wildman–Crippen MR) is 51.7 cm³/mol. The van der Waals surface area contributed by atoms with Gasteiger partial charge in [0.15, 0.2) is 6.29 Å². The number of pyridine rings is 1. The fourth-order valence-corrected chi connectivity index (χ4v) is 1.18. The molecule has 0 atom stereocenters. The second-order valence-electron chi connectivity index (χ2n) is 2.25. The smallest absolute Gasteiger partial charge is 0.280 e. The molecule has 0 spiro atoms. The van der Waals surface area contributed by atoms with Crippen LogP contribution in [0.4, 0.5) is 14.5 Å². The van der Waals surface area contributed by atoms with Crippen LogP contribution in [-0.2, 0) is 0 Å². The normalized spacial score (nSPS) is 10.5. The van der Waals surface area contributed by atoms with Crippen LogP contribution in [0.5, 0.6) is 0 Å². The minimum Gasteiger partial charge on any atom is -0.398 e. The highest BCUT2D eigenvalue weighted by atomic mass is 127. The second-order valence-corrected chi connectivity index (χ2v) is 3.33. The molecule has 6 heteroatoms. The van der Waals surface area contributed by atoms with Crippen LogP contribution in [0.2, 0.25) is 0 Å². The molecule has 1 rings (SSSR count). The minimum atomic E-state index is -2.71. The van der Waals surface area contributed by atoms with Crippen molar-refractivity contribution >= 4 is 34.6 Å². The zero-order valence-corrected chi connectivity index (χ0v) is 8.46. The van der Waals surface area contributed by atoms with Crippen molar-refractivity contribution in [2.24, 2.45) is 0 Å². The third-order valence-corrected chi connectivity index (χ3v) is 2.54. The number of alkyl halides is 2. The van der Waals surface area contributed by atoms with E-state index in [4.69, 9.17) is 5.73 Å². The van der Waals surface area contributed by atoms with Crippen LogP contribution in [0.1, 0.15) is 22.6 Å². The summed E-state index contributed by atoms with van der Waals surface area (Å²) in [5, 5.41) is 0. The Morgan fingerprint density at radius 1 is 1.62 bits per heavy atom. The first-order valence-electron chi connectivity index (χ1n) is 3.25. The van der Waals surface area contributed by atoms with Gasteiger partial charge in [0.2, 0.25) is 0 Å². The molecule has 0 aliphatic rings. The largest absolute Gasteiger partial charge is 0.398 e. The quantitative estimate of drug-likeness (QED) is 0.671. The van der Waals surface area contributed by atoms with Crippen molar-refractivity contribution in [2.75, 3.05) is 5.73 Å². The third-order valence-electron chi connectivity index (χ3n) is 1.37. The number of hydrogen-bond acceptors (Lipinski definition) is 3. The van der Waals surface area contributed by atoms with E-state index in [9.17, 15) is 13.6 Å². The standard InChI is InChI=1S/C7H5F2IN2O/c8-7(9)4-1-3(11)6(10)5(2-13)12-4/h1-2,7H,(H2,11,12). The molecule has 70 valence electrons. The average Bonchev–Trinajstić information content (AvgIpc) is 2.09. The summed E-state index contributed by atoms with van der Waals surface area (Å²) in [6.07, 6.45) is -2.30. The van der Waals surface area contributed by atoms with Gasteiger partial charge < -0.3 is 5.73 Å². The lowest BCUT2D eigenvalue weighted by Gasteiger charge is -2.04. The molecule has 0 bridgehead atoms. The number of nitrogens with zero attached hydrogens (tertiary/aromatic N) is 1. The Balaban J connectivity index is 3.30. The van der Waals surface area contributed by atoms with Crippen LogP contribution in [0.3, 0.4) is 0 Å². The van der Waals surface area contributed by atoms with Crippen molar-refractivity contribution in [1.29, 1.82) is 0 Å². The Morgan fingerprint density at radius 3 is 2.69 bits per heavy atom. The van der Waals surface area contributed by atoms with E-state index >= 15 is 0 Å². The molecular weight excluding hydrogens is 293 g/mol. The maximum Gasteiger partial charge on any atom is 0.280 e. The minimum absolute atomic E-state index is 0.0455. The molecule has 0 saturated heterocycles. The molecule has 1 aromatic rings. The van der Waals surface area contributed by atoms with E-state index in [1.165, 1.54) is 0 Å². The summed E-state index contributed by atoms with van der Waals surface area (Å²) in [5.74, 6) is 0. The van der Waals surface area contributed by atoms with E-state index in [2.05, 4.69) is 4.98 Å². The van der Waals surface area contributed by atoms with Gasteiger partial charge in [-0.1, -0.05) is 0 Å². The lowest BCUT2D eigenvalue weighted by molar-refractivity contribution is 0.111. The van der Waals surface area contributed by atoms with Gasteiger partial charge in [0, 0.05) is 5.69 Å². The predicted octanol–water partition coefficient (Wildman–Crippen LogP) is 2.02.